The van der Waals surface area contributed by atoms with Crippen LogP contribution in [0.3, 0.4) is 0 Å². The van der Waals surface area contributed by atoms with Crippen molar-refractivity contribution in [2.24, 2.45) is 0 Å². The number of rotatable bonds is 4. The molecule has 3 aromatic rings. The molecule has 0 unspecified atom stereocenters. The first-order chi connectivity index (χ1) is 12.7. The Balaban J connectivity index is 1.48. The second kappa shape index (κ2) is 6.74. The van der Waals surface area contributed by atoms with Crippen LogP contribution in [0.1, 0.15) is 25.1 Å². The van der Waals surface area contributed by atoms with Crippen LogP contribution in [0.15, 0.2) is 30.9 Å². The van der Waals surface area contributed by atoms with Crippen LogP contribution in [0.2, 0.25) is 0 Å². The van der Waals surface area contributed by atoms with Gasteiger partial charge in [0.15, 0.2) is 0 Å². The number of piperazine rings is 1. The molecule has 0 N–H and O–H groups in total. The van der Waals surface area contributed by atoms with E-state index in [9.17, 15) is 4.79 Å². The number of carbonyl (C=O) groups excluding carboxylic acids is 1. The van der Waals surface area contributed by atoms with E-state index in [2.05, 4.69) is 25.1 Å². The summed E-state index contributed by atoms with van der Waals surface area (Å²) in [4.78, 5) is 25.6. The van der Waals surface area contributed by atoms with E-state index in [1.807, 2.05) is 37.1 Å². The van der Waals surface area contributed by atoms with Crippen LogP contribution in [0.25, 0.3) is 5.78 Å². The maximum atomic E-state index is 12.9. The van der Waals surface area contributed by atoms with Crippen LogP contribution in [-0.2, 0) is 4.79 Å². The third-order valence-electron chi connectivity index (χ3n) is 4.79. The van der Waals surface area contributed by atoms with Crippen molar-refractivity contribution >= 4 is 17.5 Å². The van der Waals surface area contributed by atoms with Gasteiger partial charge < -0.3 is 9.80 Å². The molecule has 0 bridgehead atoms. The van der Waals surface area contributed by atoms with Crippen molar-refractivity contribution < 1.29 is 4.79 Å². The van der Waals surface area contributed by atoms with Gasteiger partial charge in [-0.3, -0.25) is 9.48 Å². The molecule has 1 aliphatic rings. The molecule has 1 fully saturated rings. The standard InChI is InChI=1S/C17H22N8O/c1-3-14(24-6-4-5-19-24)16(26)23-9-7-22(8-10-23)15-11-13(2)21-17-18-12-20-25(15)17/h4-6,11-12,14H,3,7-10H2,1-2H3/t14-/m1/s1. The minimum atomic E-state index is -0.234. The fraction of sp³-hybridized carbons (Fsp3) is 0.471. The summed E-state index contributed by atoms with van der Waals surface area (Å²) < 4.78 is 3.50. The number of anilines is 1. The van der Waals surface area contributed by atoms with Gasteiger partial charge in [0.05, 0.1) is 0 Å². The zero-order chi connectivity index (χ0) is 18.1. The molecule has 9 nitrogen and oxygen atoms in total. The molecule has 1 saturated heterocycles. The van der Waals surface area contributed by atoms with Gasteiger partial charge in [0, 0.05) is 50.3 Å². The summed E-state index contributed by atoms with van der Waals surface area (Å²) in [5.74, 6) is 1.70. The molecule has 1 amide bonds. The molecule has 26 heavy (non-hydrogen) atoms. The Morgan fingerprint density at radius 1 is 1.23 bits per heavy atom. The van der Waals surface area contributed by atoms with Gasteiger partial charge in [-0.1, -0.05) is 6.92 Å². The molecule has 0 saturated carbocycles. The van der Waals surface area contributed by atoms with E-state index in [-0.39, 0.29) is 11.9 Å². The zero-order valence-electron chi connectivity index (χ0n) is 15.0. The summed E-state index contributed by atoms with van der Waals surface area (Å²) >= 11 is 0. The van der Waals surface area contributed by atoms with E-state index in [4.69, 9.17) is 0 Å². The summed E-state index contributed by atoms with van der Waals surface area (Å²) in [5, 5.41) is 8.51. The summed E-state index contributed by atoms with van der Waals surface area (Å²) in [6.45, 7) is 6.82. The highest BCUT2D eigenvalue weighted by Gasteiger charge is 2.28. The number of hydrogen-bond donors (Lipinski definition) is 0. The molecular formula is C17H22N8O. The lowest BCUT2D eigenvalue weighted by Gasteiger charge is -2.37. The number of aromatic nitrogens is 6. The zero-order valence-corrected chi connectivity index (χ0v) is 15.0. The highest BCUT2D eigenvalue weighted by atomic mass is 16.2. The molecule has 0 aromatic carbocycles. The lowest BCUT2D eigenvalue weighted by Crippen LogP contribution is -2.51. The lowest BCUT2D eigenvalue weighted by atomic mass is 10.1. The van der Waals surface area contributed by atoms with Gasteiger partial charge in [-0.05, 0) is 19.4 Å². The van der Waals surface area contributed by atoms with Gasteiger partial charge >= 0.3 is 0 Å². The molecule has 1 aliphatic heterocycles. The topological polar surface area (TPSA) is 84.5 Å². The predicted octanol–water partition coefficient (Wildman–Crippen LogP) is 0.929. The molecule has 4 heterocycles. The third kappa shape index (κ3) is 2.89. The molecule has 0 spiro atoms. The number of aryl methyl sites for hydroxylation is 1. The first kappa shape index (κ1) is 16.5. The van der Waals surface area contributed by atoms with Crippen molar-refractivity contribution in [1.29, 1.82) is 0 Å². The lowest BCUT2D eigenvalue weighted by molar-refractivity contribution is -0.135. The van der Waals surface area contributed by atoms with Crippen molar-refractivity contribution in [3.05, 3.63) is 36.5 Å². The van der Waals surface area contributed by atoms with Crippen molar-refractivity contribution in [3.8, 4) is 0 Å². The Bertz CT molecular complexity index is 895. The highest BCUT2D eigenvalue weighted by molar-refractivity contribution is 5.80. The Morgan fingerprint density at radius 3 is 2.73 bits per heavy atom. The predicted molar refractivity (Wildman–Crippen MR) is 95.9 cm³/mol. The van der Waals surface area contributed by atoms with Crippen molar-refractivity contribution in [2.75, 3.05) is 31.1 Å². The maximum Gasteiger partial charge on any atom is 0.254 e. The second-order valence-corrected chi connectivity index (χ2v) is 6.45. The fourth-order valence-electron chi connectivity index (χ4n) is 3.44. The average Bonchev–Trinajstić information content (AvgIpc) is 3.33. The van der Waals surface area contributed by atoms with Crippen LogP contribution < -0.4 is 4.90 Å². The van der Waals surface area contributed by atoms with Gasteiger partial charge in [0.1, 0.15) is 18.2 Å². The van der Waals surface area contributed by atoms with E-state index >= 15 is 0 Å². The normalized spacial score (nSPS) is 16.2. The first-order valence-electron chi connectivity index (χ1n) is 8.87. The summed E-state index contributed by atoms with van der Waals surface area (Å²) in [6, 6.07) is 3.63. The van der Waals surface area contributed by atoms with E-state index < -0.39 is 0 Å². The van der Waals surface area contributed by atoms with Gasteiger partial charge in [-0.25, -0.2) is 4.98 Å². The van der Waals surface area contributed by atoms with Crippen LogP contribution in [0, 0.1) is 6.92 Å². The largest absolute Gasteiger partial charge is 0.353 e. The minimum absolute atomic E-state index is 0.132. The van der Waals surface area contributed by atoms with Gasteiger partial charge in [0.25, 0.3) is 5.78 Å². The van der Waals surface area contributed by atoms with Crippen LogP contribution in [-0.4, -0.2) is 66.3 Å². The number of nitrogens with zero attached hydrogens (tertiary/aromatic N) is 8. The average molecular weight is 354 g/mol. The number of carbonyl (C=O) groups is 1. The molecule has 0 aliphatic carbocycles. The summed E-state index contributed by atoms with van der Waals surface area (Å²) in [5.41, 5.74) is 0.906. The van der Waals surface area contributed by atoms with E-state index in [1.54, 1.807) is 15.4 Å². The number of amides is 1. The Labute approximate surface area is 151 Å². The first-order valence-corrected chi connectivity index (χ1v) is 8.87. The monoisotopic (exact) mass is 354 g/mol. The van der Waals surface area contributed by atoms with Crippen molar-refractivity contribution in [1.82, 2.24) is 34.3 Å². The second-order valence-electron chi connectivity index (χ2n) is 6.45. The number of hydrogen-bond acceptors (Lipinski definition) is 6. The molecule has 3 aromatic heterocycles. The van der Waals surface area contributed by atoms with E-state index in [0.717, 1.165) is 31.0 Å². The van der Waals surface area contributed by atoms with Gasteiger partial charge in [0.2, 0.25) is 5.91 Å². The fourth-order valence-corrected chi connectivity index (χ4v) is 3.44. The quantitative estimate of drug-likeness (QED) is 0.693. The van der Waals surface area contributed by atoms with Crippen LogP contribution >= 0.6 is 0 Å². The Hall–Kier alpha value is -2.97. The van der Waals surface area contributed by atoms with Crippen LogP contribution in [0.4, 0.5) is 5.82 Å². The summed E-state index contributed by atoms with van der Waals surface area (Å²) in [7, 11) is 0. The smallest absolute Gasteiger partial charge is 0.254 e. The molecular weight excluding hydrogens is 332 g/mol. The highest BCUT2D eigenvalue weighted by Crippen LogP contribution is 2.20. The minimum Gasteiger partial charge on any atom is -0.353 e. The SMILES string of the molecule is CC[C@H](C(=O)N1CCN(c2cc(C)nc3ncnn23)CC1)n1cccn1. The van der Waals surface area contributed by atoms with E-state index in [0.29, 0.717) is 18.9 Å². The molecule has 1 atom stereocenters. The van der Waals surface area contributed by atoms with Crippen molar-refractivity contribution in [3.63, 3.8) is 0 Å². The molecule has 9 heteroatoms. The Morgan fingerprint density at radius 2 is 2.04 bits per heavy atom. The van der Waals surface area contributed by atoms with E-state index in [1.165, 1.54) is 6.33 Å². The van der Waals surface area contributed by atoms with Crippen LogP contribution in [0.5, 0.6) is 0 Å². The third-order valence-corrected chi connectivity index (χ3v) is 4.79. The Kier molecular flexibility index (Phi) is 4.27. The van der Waals surface area contributed by atoms with Gasteiger partial charge in [-0.2, -0.15) is 19.7 Å². The van der Waals surface area contributed by atoms with Crippen molar-refractivity contribution in [2.45, 2.75) is 26.3 Å². The molecule has 4 rings (SSSR count). The molecule has 136 valence electrons. The molecule has 0 radical (unpaired) electrons. The van der Waals surface area contributed by atoms with Gasteiger partial charge in [-0.15, -0.1) is 0 Å². The maximum absolute atomic E-state index is 12.9. The summed E-state index contributed by atoms with van der Waals surface area (Å²) in [6.07, 6.45) is 5.80. The number of fused-ring (bicyclic) bond motifs is 1.